The number of aliphatic carboxylic acids is 1. The van der Waals surface area contributed by atoms with Gasteiger partial charge in [0.25, 0.3) is 0 Å². The minimum atomic E-state index is -0.848. The van der Waals surface area contributed by atoms with Crippen molar-refractivity contribution in [1.82, 2.24) is 16.2 Å². The number of benzene rings is 2. The number of piperidine rings is 1. The molecule has 2 heterocycles. The summed E-state index contributed by atoms with van der Waals surface area (Å²) >= 11 is 6.00. The Hall–Kier alpha value is -2.52. The molecule has 0 bridgehead atoms. The lowest BCUT2D eigenvalue weighted by Gasteiger charge is -2.39. The first-order valence-electron chi connectivity index (χ1n) is 9.63. The van der Waals surface area contributed by atoms with E-state index in [0.717, 1.165) is 11.1 Å². The van der Waals surface area contributed by atoms with E-state index in [2.05, 4.69) is 16.2 Å². The fourth-order valence-electron chi connectivity index (χ4n) is 4.47. The zero-order chi connectivity index (χ0) is 21.4. The van der Waals surface area contributed by atoms with Crippen LogP contribution in [0.2, 0.25) is 5.02 Å². The molecule has 2 fully saturated rings. The number of phenolic OH excluding ortho intramolecular Hbond substituents is 1. The number of carbonyl (C=O) groups is 1. The molecule has 0 saturated carbocycles. The van der Waals surface area contributed by atoms with Gasteiger partial charge in [-0.15, -0.1) is 0 Å². The van der Waals surface area contributed by atoms with E-state index in [0.29, 0.717) is 11.4 Å². The van der Waals surface area contributed by atoms with E-state index in [1.807, 2.05) is 12.1 Å². The maximum absolute atomic E-state index is 12.2. The van der Waals surface area contributed by atoms with Crippen LogP contribution >= 0.6 is 11.6 Å². The number of carboxylic acids is 1. The Labute approximate surface area is 179 Å². The van der Waals surface area contributed by atoms with Crippen molar-refractivity contribution in [3.05, 3.63) is 52.5 Å². The van der Waals surface area contributed by atoms with Crippen molar-refractivity contribution in [3.8, 4) is 17.2 Å². The molecule has 5 atom stereocenters. The lowest BCUT2D eigenvalue weighted by molar-refractivity contribution is -0.146. The Morgan fingerprint density at radius 1 is 1.07 bits per heavy atom. The number of aromatic hydroxyl groups is 1. The Morgan fingerprint density at radius 3 is 2.27 bits per heavy atom. The summed E-state index contributed by atoms with van der Waals surface area (Å²) in [5, 5.41) is 24.3. The maximum Gasteiger partial charge on any atom is 0.307 e. The van der Waals surface area contributed by atoms with E-state index in [4.69, 9.17) is 21.1 Å². The molecule has 5 N–H and O–H groups in total. The van der Waals surface area contributed by atoms with Crippen LogP contribution < -0.4 is 25.6 Å². The number of fused-ring (bicyclic) bond motifs is 1. The van der Waals surface area contributed by atoms with E-state index in [-0.39, 0.29) is 41.4 Å². The van der Waals surface area contributed by atoms with Gasteiger partial charge in [-0.3, -0.25) is 10.1 Å². The highest BCUT2D eigenvalue weighted by Crippen LogP contribution is 2.45. The zero-order valence-corrected chi connectivity index (χ0v) is 17.3. The van der Waals surface area contributed by atoms with Crippen LogP contribution in [0.15, 0.2) is 36.4 Å². The number of carboxylic acid groups (broad SMARTS) is 1. The molecule has 2 aliphatic rings. The number of hydrogen-bond donors (Lipinski definition) is 5. The molecule has 0 aromatic heterocycles. The highest BCUT2D eigenvalue weighted by Gasteiger charge is 2.49. The molecule has 2 aromatic rings. The minimum absolute atomic E-state index is 0.0873. The van der Waals surface area contributed by atoms with Crippen LogP contribution in [0.5, 0.6) is 17.2 Å². The lowest BCUT2D eigenvalue weighted by Crippen LogP contribution is -2.53. The molecule has 2 aliphatic heterocycles. The summed E-state index contributed by atoms with van der Waals surface area (Å²) in [4.78, 5) is 12.2. The van der Waals surface area contributed by atoms with Gasteiger partial charge in [0.2, 0.25) is 5.75 Å². The normalized spacial score (nSPS) is 28.0. The van der Waals surface area contributed by atoms with Crippen molar-refractivity contribution in [2.24, 2.45) is 11.8 Å². The van der Waals surface area contributed by atoms with Gasteiger partial charge in [-0.05, 0) is 41.8 Å². The van der Waals surface area contributed by atoms with Gasteiger partial charge in [-0.1, -0.05) is 23.7 Å². The van der Waals surface area contributed by atoms with Gasteiger partial charge in [0, 0.05) is 17.0 Å². The predicted octanol–water partition coefficient (Wildman–Crippen LogP) is 2.59. The van der Waals surface area contributed by atoms with Gasteiger partial charge in [0.05, 0.1) is 32.3 Å². The number of rotatable bonds is 5. The van der Waals surface area contributed by atoms with Crippen molar-refractivity contribution in [2.75, 3.05) is 14.2 Å². The van der Waals surface area contributed by atoms with Gasteiger partial charge in [-0.25, -0.2) is 10.9 Å². The molecule has 0 aliphatic carbocycles. The van der Waals surface area contributed by atoms with Crippen LogP contribution in [0.4, 0.5) is 0 Å². The SMILES string of the molecule is COc1cc(C2CC(C(=O)O)C3C(NNC3c3ccc(Cl)cc3)N2)cc(OC)c1O. The molecule has 2 aromatic carbocycles. The van der Waals surface area contributed by atoms with Gasteiger partial charge < -0.3 is 19.7 Å². The third-order valence-corrected chi connectivity index (χ3v) is 6.20. The number of hydrazine groups is 1. The number of hydrogen-bond acceptors (Lipinski definition) is 7. The van der Waals surface area contributed by atoms with E-state index in [1.54, 1.807) is 24.3 Å². The number of halogens is 1. The van der Waals surface area contributed by atoms with E-state index in [1.165, 1.54) is 14.2 Å². The Kier molecular flexibility index (Phi) is 5.75. The average molecular weight is 434 g/mol. The first-order chi connectivity index (χ1) is 14.4. The molecular formula is C21H24ClN3O5. The van der Waals surface area contributed by atoms with Crippen LogP contribution in [0.3, 0.4) is 0 Å². The van der Waals surface area contributed by atoms with E-state index < -0.39 is 11.9 Å². The number of phenols is 1. The second kappa shape index (κ2) is 8.31. The Morgan fingerprint density at radius 2 is 1.70 bits per heavy atom. The van der Waals surface area contributed by atoms with Crippen LogP contribution in [-0.2, 0) is 4.79 Å². The van der Waals surface area contributed by atoms with Crippen LogP contribution in [0.25, 0.3) is 0 Å². The predicted molar refractivity (Wildman–Crippen MR) is 111 cm³/mol. The second-order valence-electron chi connectivity index (χ2n) is 7.55. The largest absolute Gasteiger partial charge is 0.502 e. The van der Waals surface area contributed by atoms with Crippen LogP contribution in [-0.4, -0.2) is 36.6 Å². The van der Waals surface area contributed by atoms with E-state index >= 15 is 0 Å². The molecule has 160 valence electrons. The van der Waals surface area contributed by atoms with Gasteiger partial charge >= 0.3 is 5.97 Å². The van der Waals surface area contributed by atoms with Crippen LogP contribution in [0.1, 0.15) is 29.6 Å². The standard InChI is InChI=1S/C21H24ClN3O5/c1-29-15-7-11(8-16(30-2)19(15)26)14-9-13(21(27)28)17-18(24-25-20(17)23-14)10-3-5-12(22)6-4-10/h3-8,13-14,17-18,20,23-26H,9H2,1-2H3,(H,27,28). The number of nitrogens with one attached hydrogen (secondary N) is 3. The van der Waals surface area contributed by atoms with Crippen LogP contribution in [0, 0.1) is 11.8 Å². The molecule has 5 unspecified atom stereocenters. The summed E-state index contributed by atoms with van der Waals surface area (Å²) in [7, 11) is 2.92. The molecule has 2 saturated heterocycles. The Balaban J connectivity index is 1.65. The fraction of sp³-hybridized carbons (Fsp3) is 0.381. The molecule has 0 radical (unpaired) electrons. The number of methoxy groups -OCH3 is 2. The average Bonchev–Trinajstić information content (AvgIpc) is 3.17. The molecule has 30 heavy (non-hydrogen) atoms. The van der Waals surface area contributed by atoms with Crippen molar-refractivity contribution in [2.45, 2.75) is 24.7 Å². The van der Waals surface area contributed by atoms with E-state index in [9.17, 15) is 15.0 Å². The monoisotopic (exact) mass is 433 g/mol. The highest BCUT2D eigenvalue weighted by atomic mass is 35.5. The maximum atomic E-state index is 12.2. The summed E-state index contributed by atoms with van der Waals surface area (Å²) in [6.45, 7) is 0. The van der Waals surface area contributed by atoms with Gasteiger partial charge in [0.1, 0.15) is 0 Å². The highest BCUT2D eigenvalue weighted by molar-refractivity contribution is 6.30. The summed E-state index contributed by atoms with van der Waals surface area (Å²) < 4.78 is 10.5. The summed E-state index contributed by atoms with van der Waals surface area (Å²) in [6, 6.07) is 10.4. The van der Waals surface area contributed by atoms with Crippen molar-refractivity contribution < 1.29 is 24.5 Å². The number of ether oxygens (including phenoxy) is 2. The molecule has 9 heteroatoms. The van der Waals surface area contributed by atoms with Crippen molar-refractivity contribution >= 4 is 17.6 Å². The van der Waals surface area contributed by atoms with Gasteiger partial charge in [0.15, 0.2) is 11.5 Å². The molecule has 4 rings (SSSR count). The quantitative estimate of drug-likeness (QED) is 0.489. The molecular weight excluding hydrogens is 410 g/mol. The fourth-order valence-corrected chi connectivity index (χ4v) is 4.59. The molecule has 8 nitrogen and oxygen atoms in total. The summed E-state index contributed by atoms with van der Waals surface area (Å²) in [6.07, 6.45) is 0.109. The first kappa shape index (κ1) is 20.7. The Bertz CT molecular complexity index is 914. The molecule has 0 amide bonds. The topological polar surface area (TPSA) is 112 Å². The van der Waals surface area contributed by atoms with Crippen molar-refractivity contribution in [3.63, 3.8) is 0 Å². The summed E-state index contributed by atoms with van der Waals surface area (Å²) in [5.74, 6) is -1.20. The third kappa shape index (κ3) is 3.67. The van der Waals surface area contributed by atoms with Crippen molar-refractivity contribution in [1.29, 1.82) is 0 Å². The lowest BCUT2D eigenvalue weighted by atomic mass is 9.75. The third-order valence-electron chi connectivity index (χ3n) is 5.95. The zero-order valence-electron chi connectivity index (χ0n) is 16.6. The first-order valence-corrected chi connectivity index (χ1v) is 10.0. The summed E-state index contributed by atoms with van der Waals surface area (Å²) in [5.41, 5.74) is 8.19. The minimum Gasteiger partial charge on any atom is -0.502 e. The van der Waals surface area contributed by atoms with Gasteiger partial charge in [-0.2, -0.15) is 0 Å². The molecule has 0 spiro atoms. The second-order valence-corrected chi connectivity index (χ2v) is 7.98. The smallest absolute Gasteiger partial charge is 0.307 e.